The van der Waals surface area contributed by atoms with Gasteiger partial charge < -0.3 is 19.7 Å². The van der Waals surface area contributed by atoms with Crippen molar-refractivity contribution >= 4 is 11.7 Å². The number of aromatic nitrogens is 1. The maximum atomic E-state index is 12.1. The van der Waals surface area contributed by atoms with Crippen molar-refractivity contribution in [1.29, 1.82) is 0 Å². The number of hydrogen-bond donors (Lipinski definition) is 1. The van der Waals surface area contributed by atoms with E-state index in [-0.39, 0.29) is 5.91 Å². The van der Waals surface area contributed by atoms with Gasteiger partial charge in [-0.1, -0.05) is 18.2 Å². The SMILES string of the molecule is COc1cccc(CO[C@@H](C)C(=O)NCc2ccc(N(C)C)nc2)c1. The van der Waals surface area contributed by atoms with Gasteiger partial charge in [-0.2, -0.15) is 0 Å². The Labute approximate surface area is 148 Å². The molecule has 0 bridgehead atoms. The summed E-state index contributed by atoms with van der Waals surface area (Å²) in [5.41, 5.74) is 1.90. The van der Waals surface area contributed by atoms with Gasteiger partial charge in [-0.15, -0.1) is 0 Å². The Morgan fingerprint density at radius 1 is 1.24 bits per heavy atom. The van der Waals surface area contributed by atoms with Gasteiger partial charge in [0.2, 0.25) is 5.91 Å². The van der Waals surface area contributed by atoms with Gasteiger partial charge in [-0.25, -0.2) is 4.98 Å². The van der Waals surface area contributed by atoms with Gasteiger partial charge in [0.1, 0.15) is 17.7 Å². The summed E-state index contributed by atoms with van der Waals surface area (Å²) in [7, 11) is 5.49. The average Bonchev–Trinajstić information content (AvgIpc) is 2.64. The molecular weight excluding hydrogens is 318 g/mol. The topological polar surface area (TPSA) is 63.7 Å². The quantitative estimate of drug-likeness (QED) is 0.797. The van der Waals surface area contributed by atoms with Gasteiger partial charge >= 0.3 is 0 Å². The zero-order valence-corrected chi connectivity index (χ0v) is 15.2. The highest BCUT2D eigenvalue weighted by Crippen LogP contribution is 2.14. The standard InChI is InChI=1S/C19H25N3O3/c1-14(25-13-15-6-5-7-17(10-15)24-4)19(23)21-12-16-8-9-18(20-11-16)22(2)3/h5-11,14H,12-13H2,1-4H3,(H,21,23)/t14-/m0/s1. The first-order valence-electron chi connectivity index (χ1n) is 8.14. The van der Waals surface area contributed by atoms with Crippen LogP contribution in [-0.2, 0) is 22.7 Å². The molecular formula is C19H25N3O3. The molecule has 6 nitrogen and oxygen atoms in total. The van der Waals surface area contributed by atoms with Crippen molar-refractivity contribution in [3.8, 4) is 5.75 Å². The van der Waals surface area contributed by atoms with E-state index in [4.69, 9.17) is 9.47 Å². The molecule has 1 aromatic heterocycles. The summed E-state index contributed by atoms with van der Waals surface area (Å²) in [6, 6.07) is 11.5. The van der Waals surface area contributed by atoms with E-state index in [1.807, 2.05) is 55.4 Å². The molecule has 0 spiro atoms. The van der Waals surface area contributed by atoms with Gasteiger partial charge in [0, 0.05) is 26.8 Å². The van der Waals surface area contributed by atoms with Crippen LogP contribution in [0.1, 0.15) is 18.1 Å². The van der Waals surface area contributed by atoms with E-state index in [0.717, 1.165) is 22.7 Å². The first kappa shape index (κ1) is 18.7. The van der Waals surface area contributed by atoms with E-state index in [2.05, 4.69) is 10.3 Å². The lowest BCUT2D eigenvalue weighted by molar-refractivity contribution is -0.132. The lowest BCUT2D eigenvalue weighted by Gasteiger charge is -2.14. The third-order valence-corrected chi connectivity index (χ3v) is 3.74. The number of nitrogens with one attached hydrogen (secondary N) is 1. The second kappa shape index (κ2) is 9.03. The minimum atomic E-state index is -0.541. The Bertz CT molecular complexity index is 687. The van der Waals surface area contributed by atoms with Crippen molar-refractivity contribution in [2.45, 2.75) is 26.2 Å². The summed E-state index contributed by atoms with van der Waals surface area (Å²) in [5, 5.41) is 2.86. The minimum Gasteiger partial charge on any atom is -0.497 e. The Balaban J connectivity index is 1.79. The number of hydrogen-bond acceptors (Lipinski definition) is 5. The van der Waals surface area contributed by atoms with Crippen molar-refractivity contribution in [2.75, 3.05) is 26.1 Å². The molecule has 1 atom stereocenters. The molecule has 2 rings (SSSR count). The Morgan fingerprint density at radius 2 is 2.04 bits per heavy atom. The molecule has 6 heteroatoms. The van der Waals surface area contributed by atoms with Crippen molar-refractivity contribution in [3.05, 3.63) is 53.7 Å². The molecule has 0 fully saturated rings. The van der Waals surface area contributed by atoms with Crippen LogP contribution in [0.5, 0.6) is 5.75 Å². The van der Waals surface area contributed by atoms with Crippen LogP contribution in [0.2, 0.25) is 0 Å². The molecule has 0 radical (unpaired) electrons. The molecule has 1 amide bonds. The van der Waals surface area contributed by atoms with E-state index in [1.54, 1.807) is 20.2 Å². The molecule has 1 heterocycles. The van der Waals surface area contributed by atoms with Crippen molar-refractivity contribution in [2.24, 2.45) is 0 Å². The maximum absolute atomic E-state index is 12.1. The number of nitrogens with zero attached hydrogens (tertiary/aromatic N) is 2. The smallest absolute Gasteiger partial charge is 0.249 e. The molecule has 0 aliphatic rings. The maximum Gasteiger partial charge on any atom is 0.249 e. The van der Waals surface area contributed by atoms with Gasteiger partial charge in [0.15, 0.2) is 0 Å². The van der Waals surface area contributed by atoms with Crippen LogP contribution >= 0.6 is 0 Å². The van der Waals surface area contributed by atoms with E-state index in [1.165, 1.54) is 0 Å². The first-order valence-corrected chi connectivity index (χ1v) is 8.14. The molecule has 0 unspecified atom stereocenters. The summed E-state index contributed by atoms with van der Waals surface area (Å²) in [4.78, 5) is 18.4. The molecule has 2 aromatic rings. The predicted molar refractivity (Wildman–Crippen MR) is 97.7 cm³/mol. The summed E-state index contributed by atoms with van der Waals surface area (Å²) in [6.45, 7) is 2.51. The second-order valence-electron chi connectivity index (χ2n) is 5.94. The number of benzene rings is 1. The van der Waals surface area contributed by atoms with E-state index < -0.39 is 6.10 Å². The minimum absolute atomic E-state index is 0.153. The summed E-state index contributed by atoms with van der Waals surface area (Å²) < 4.78 is 10.8. The van der Waals surface area contributed by atoms with Gasteiger partial charge in [-0.3, -0.25) is 4.79 Å². The Hall–Kier alpha value is -2.60. The van der Waals surface area contributed by atoms with Gasteiger partial charge in [0.25, 0.3) is 0 Å². The van der Waals surface area contributed by atoms with Crippen LogP contribution in [0.25, 0.3) is 0 Å². The summed E-state index contributed by atoms with van der Waals surface area (Å²) in [5.74, 6) is 1.50. The van der Waals surface area contributed by atoms with E-state index in [9.17, 15) is 4.79 Å². The average molecular weight is 343 g/mol. The Kier molecular flexibility index (Phi) is 6.77. The van der Waals surface area contributed by atoms with Crippen LogP contribution in [0.3, 0.4) is 0 Å². The van der Waals surface area contributed by atoms with Crippen LogP contribution in [0.4, 0.5) is 5.82 Å². The number of anilines is 1. The summed E-state index contributed by atoms with van der Waals surface area (Å²) in [6.07, 6.45) is 1.22. The largest absolute Gasteiger partial charge is 0.497 e. The molecule has 134 valence electrons. The highest BCUT2D eigenvalue weighted by Gasteiger charge is 2.13. The fourth-order valence-corrected chi connectivity index (χ4v) is 2.18. The highest BCUT2D eigenvalue weighted by atomic mass is 16.5. The lowest BCUT2D eigenvalue weighted by Crippen LogP contribution is -2.34. The molecule has 25 heavy (non-hydrogen) atoms. The Morgan fingerprint density at radius 3 is 2.68 bits per heavy atom. The zero-order chi connectivity index (χ0) is 18.2. The molecule has 1 N–H and O–H groups in total. The number of methoxy groups -OCH3 is 1. The van der Waals surface area contributed by atoms with E-state index in [0.29, 0.717) is 13.2 Å². The van der Waals surface area contributed by atoms with Crippen LogP contribution in [0.15, 0.2) is 42.6 Å². The summed E-state index contributed by atoms with van der Waals surface area (Å²) >= 11 is 0. The molecule has 0 aliphatic carbocycles. The molecule has 1 aromatic carbocycles. The number of pyridine rings is 1. The van der Waals surface area contributed by atoms with Crippen LogP contribution < -0.4 is 15.0 Å². The second-order valence-corrected chi connectivity index (χ2v) is 5.94. The van der Waals surface area contributed by atoms with Crippen molar-refractivity contribution in [3.63, 3.8) is 0 Å². The zero-order valence-electron chi connectivity index (χ0n) is 15.2. The third kappa shape index (κ3) is 5.76. The van der Waals surface area contributed by atoms with E-state index >= 15 is 0 Å². The monoisotopic (exact) mass is 343 g/mol. The lowest BCUT2D eigenvalue weighted by atomic mass is 10.2. The van der Waals surface area contributed by atoms with Crippen molar-refractivity contribution < 1.29 is 14.3 Å². The third-order valence-electron chi connectivity index (χ3n) is 3.74. The van der Waals surface area contributed by atoms with Gasteiger partial charge in [-0.05, 0) is 36.2 Å². The van der Waals surface area contributed by atoms with Crippen LogP contribution in [0, 0.1) is 0 Å². The van der Waals surface area contributed by atoms with Crippen molar-refractivity contribution in [1.82, 2.24) is 10.3 Å². The number of amides is 1. The predicted octanol–water partition coefficient (Wildman–Crippen LogP) is 2.38. The normalized spacial score (nSPS) is 11.7. The number of carbonyl (C=O) groups excluding carboxylic acids is 1. The van der Waals surface area contributed by atoms with Crippen LogP contribution in [-0.4, -0.2) is 38.2 Å². The fraction of sp³-hybridized carbons (Fsp3) is 0.368. The first-order chi connectivity index (χ1) is 12.0. The number of ether oxygens (including phenoxy) is 2. The number of carbonyl (C=O) groups is 1. The fourth-order valence-electron chi connectivity index (χ4n) is 2.18. The molecule has 0 aliphatic heterocycles. The molecule has 0 saturated carbocycles. The molecule has 0 saturated heterocycles. The number of rotatable bonds is 8. The van der Waals surface area contributed by atoms with Gasteiger partial charge in [0.05, 0.1) is 13.7 Å². The highest BCUT2D eigenvalue weighted by molar-refractivity contribution is 5.80.